The van der Waals surface area contributed by atoms with E-state index in [1.54, 1.807) is 14.0 Å². The summed E-state index contributed by atoms with van der Waals surface area (Å²) in [6.07, 6.45) is 1.82. The molecule has 0 aromatic rings. The van der Waals surface area contributed by atoms with Gasteiger partial charge in [0.25, 0.3) is 0 Å². The van der Waals surface area contributed by atoms with E-state index in [4.69, 9.17) is 9.47 Å². The number of urea groups is 1. The number of hydrogen-bond donors (Lipinski definition) is 3. The molecule has 0 aliphatic rings. The molecule has 0 rings (SSSR count). The minimum Gasteiger partial charge on any atom is -0.382 e. The van der Waals surface area contributed by atoms with Gasteiger partial charge in [0, 0.05) is 20.8 Å². The van der Waals surface area contributed by atoms with E-state index in [1.165, 1.54) is 7.05 Å². The second-order valence-electron chi connectivity index (χ2n) is 4.06. The van der Waals surface area contributed by atoms with Gasteiger partial charge in [-0.05, 0) is 26.3 Å². The van der Waals surface area contributed by atoms with Crippen LogP contribution in [-0.2, 0) is 14.3 Å². The third kappa shape index (κ3) is 10.4. The molecule has 7 nitrogen and oxygen atoms in total. The summed E-state index contributed by atoms with van der Waals surface area (Å²) >= 11 is 0. The highest BCUT2D eigenvalue weighted by atomic mass is 16.5. The van der Waals surface area contributed by atoms with E-state index in [0.717, 1.165) is 12.8 Å². The van der Waals surface area contributed by atoms with Crippen molar-refractivity contribution < 1.29 is 19.1 Å². The summed E-state index contributed by atoms with van der Waals surface area (Å²) in [7, 11) is 3.10. The van der Waals surface area contributed by atoms with Crippen LogP contribution in [0, 0.1) is 0 Å². The van der Waals surface area contributed by atoms with E-state index in [1.807, 2.05) is 0 Å². The molecule has 1 unspecified atom stereocenters. The Kier molecular flexibility index (Phi) is 11.1. The monoisotopic (exact) mass is 275 g/mol. The number of rotatable bonds is 10. The van der Waals surface area contributed by atoms with Gasteiger partial charge in [-0.25, -0.2) is 4.79 Å². The highest BCUT2D eigenvalue weighted by molar-refractivity contribution is 5.96. The molecular weight excluding hydrogens is 250 g/mol. The predicted octanol–water partition coefficient (Wildman–Crippen LogP) is -0.137. The summed E-state index contributed by atoms with van der Waals surface area (Å²) < 4.78 is 10.2. The van der Waals surface area contributed by atoms with E-state index < -0.39 is 12.1 Å². The van der Waals surface area contributed by atoms with Crippen molar-refractivity contribution in [2.45, 2.75) is 25.8 Å². The smallest absolute Gasteiger partial charge is 0.321 e. The first kappa shape index (κ1) is 17.8. The molecule has 3 amide bonds. The van der Waals surface area contributed by atoms with Crippen LogP contribution in [0.4, 0.5) is 4.79 Å². The minimum atomic E-state index is -0.495. The maximum Gasteiger partial charge on any atom is 0.321 e. The topological polar surface area (TPSA) is 88.7 Å². The Morgan fingerprint density at radius 2 is 1.89 bits per heavy atom. The normalized spacial score (nSPS) is 11.9. The molecule has 0 spiro atoms. The summed E-state index contributed by atoms with van der Waals surface area (Å²) in [5.41, 5.74) is 0. The zero-order valence-corrected chi connectivity index (χ0v) is 12.0. The fourth-order valence-electron chi connectivity index (χ4n) is 1.27. The molecule has 1 atom stereocenters. The lowest BCUT2D eigenvalue weighted by Gasteiger charge is -2.13. The van der Waals surface area contributed by atoms with Crippen LogP contribution in [-0.4, -0.2) is 58.5 Å². The average molecular weight is 275 g/mol. The highest BCUT2D eigenvalue weighted by Gasteiger charge is 2.13. The van der Waals surface area contributed by atoms with Gasteiger partial charge in [-0.3, -0.25) is 10.1 Å². The number of carbonyl (C=O) groups is 2. The second-order valence-corrected chi connectivity index (χ2v) is 4.06. The Bertz CT molecular complexity index is 261. The zero-order valence-electron chi connectivity index (χ0n) is 12.0. The van der Waals surface area contributed by atoms with Gasteiger partial charge in [-0.1, -0.05) is 0 Å². The van der Waals surface area contributed by atoms with E-state index in [0.29, 0.717) is 26.4 Å². The van der Waals surface area contributed by atoms with Crippen molar-refractivity contribution in [2.75, 3.05) is 40.5 Å². The molecule has 0 aromatic heterocycles. The van der Waals surface area contributed by atoms with Gasteiger partial charge in [-0.2, -0.15) is 0 Å². The van der Waals surface area contributed by atoms with Gasteiger partial charge in [0.2, 0.25) is 5.91 Å². The molecule has 0 heterocycles. The molecule has 0 fully saturated rings. The number of hydrogen-bond acceptors (Lipinski definition) is 5. The Balaban J connectivity index is 3.45. The van der Waals surface area contributed by atoms with Gasteiger partial charge in [-0.15, -0.1) is 0 Å². The third-order valence-corrected chi connectivity index (χ3v) is 2.45. The van der Waals surface area contributed by atoms with Crippen molar-refractivity contribution in [3.05, 3.63) is 0 Å². The van der Waals surface area contributed by atoms with Gasteiger partial charge in [0.15, 0.2) is 0 Å². The molecular formula is C12H25N3O4. The highest BCUT2D eigenvalue weighted by Crippen LogP contribution is 1.90. The first-order valence-electron chi connectivity index (χ1n) is 6.44. The first-order valence-corrected chi connectivity index (χ1v) is 6.44. The van der Waals surface area contributed by atoms with Gasteiger partial charge in [0.05, 0.1) is 19.3 Å². The number of amides is 3. The quantitative estimate of drug-likeness (QED) is 0.483. The molecule has 7 heteroatoms. The summed E-state index contributed by atoms with van der Waals surface area (Å²) in [4.78, 5) is 22.4. The van der Waals surface area contributed by atoms with Crippen molar-refractivity contribution in [3.8, 4) is 0 Å². The number of unbranched alkanes of at least 4 members (excludes halogenated alkanes) is 1. The molecule has 0 bridgehead atoms. The molecule has 0 aliphatic heterocycles. The molecule has 0 radical (unpaired) electrons. The summed E-state index contributed by atoms with van der Waals surface area (Å²) in [5, 5.41) is 7.58. The lowest BCUT2D eigenvalue weighted by molar-refractivity contribution is -0.121. The van der Waals surface area contributed by atoms with E-state index in [-0.39, 0.29) is 5.91 Å². The molecule has 0 aliphatic carbocycles. The fourth-order valence-corrected chi connectivity index (χ4v) is 1.27. The molecule has 0 saturated heterocycles. The molecule has 0 aromatic carbocycles. The number of carbonyl (C=O) groups excluding carboxylic acids is 2. The molecule has 112 valence electrons. The maximum absolute atomic E-state index is 11.5. The van der Waals surface area contributed by atoms with Crippen LogP contribution in [0.3, 0.4) is 0 Å². The lowest BCUT2D eigenvalue weighted by atomic mass is 10.2. The molecule has 0 saturated carbocycles. The van der Waals surface area contributed by atoms with Crippen LogP contribution in [0.5, 0.6) is 0 Å². The van der Waals surface area contributed by atoms with Crippen molar-refractivity contribution in [1.29, 1.82) is 0 Å². The van der Waals surface area contributed by atoms with Crippen molar-refractivity contribution in [1.82, 2.24) is 16.0 Å². The Hall–Kier alpha value is -1.18. The average Bonchev–Trinajstić information content (AvgIpc) is 2.41. The Morgan fingerprint density at radius 1 is 1.16 bits per heavy atom. The molecule has 19 heavy (non-hydrogen) atoms. The van der Waals surface area contributed by atoms with E-state index in [9.17, 15) is 9.59 Å². The van der Waals surface area contributed by atoms with E-state index in [2.05, 4.69) is 16.0 Å². The summed E-state index contributed by atoms with van der Waals surface area (Å²) in [5.74, 6) is -0.337. The fraction of sp³-hybridized carbons (Fsp3) is 0.833. The largest absolute Gasteiger partial charge is 0.382 e. The Labute approximate surface area is 114 Å². The van der Waals surface area contributed by atoms with Crippen LogP contribution >= 0.6 is 0 Å². The molecule has 3 N–H and O–H groups in total. The van der Waals surface area contributed by atoms with Gasteiger partial charge in [0.1, 0.15) is 0 Å². The van der Waals surface area contributed by atoms with Crippen LogP contribution in [0.25, 0.3) is 0 Å². The van der Waals surface area contributed by atoms with Crippen LogP contribution in [0.2, 0.25) is 0 Å². The number of ether oxygens (including phenoxy) is 2. The minimum absolute atomic E-state index is 0.337. The van der Waals surface area contributed by atoms with Crippen LogP contribution < -0.4 is 16.0 Å². The number of imide groups is 1. The maximum atomic E-state index is 11.5. The second kappa shape index (κ2) is 11.9. The third-order valence-electron chi connectivity index (χ3n) is 2.45. The van der Waals surface area contributed by atoms with Crippen molar-refractivity contribution in [3.63, 3.8) is 0 Å². The van der Waals surface area contributed by atoms with E-state index >= 15 is 0 Å². The zero-order chi connectivity index (χ0) is 14.5. The Morgan fingerprint density at radius 3 is 2.53 bits per heavy atom. The number of nitrogens with one attached hydrogen (secondary N) is 3. The first-order chi connectivity index (χ1) is 9.11. The SMILES string of the molecule is CNC(=O)NC(=O)C(C)NCCCCOCCOC. The van der Waals surface area contributed by atoms with Gasteiger partial charge < -0.3 is 20.1 Å². The van der Waals surface area contributed by atoms with Crippen LogP contribution in [0.15, 0.2) is 0 Å². The van der Waals surface area contributed by atoms with Gasteiger partial charge >= 0.3 is 6.03 Å². The standard InChI is InChI=1S/C12H25N3O4/c1-10(11(16)15-12(17)13-2)14-6-4-5-7-19-9-8-18-3/h10,14H,4-9H2,1-3H3,(H2,13,15,16,17). The lowest BCUT2D eigenvalue weighted by Crippen LogP contribution is -2.47. The summed E-state index contributed by atoms with van der Waals surface area (Å²) in [6, 6.07) is -0.892. The van der Waals surface area contributed by atoms with Crippen molar-refractivity contribution in [2.24, 2.45) is 0 Å². The summed E-state index contributed by atoms with van der Waals surface area (Å²) in [6.45, 7) is 4.32. The number of methoxy groups -OCH3 is 1. The van der Waals surface area contributed by atoms with Crippen LogP contribution in [0.1, 0.15) is 19.8 Å². The van der Waals surface area contributed by atoms with Crippen molar-refractivity contribution >= 4 is 11.9 Å². The predicted molar refractivity (Wildman–Crippen MR) is 72.0 cm³/mol.